The van der Waals surface area contributed by atoms with E-state index in [2.05, 4.69) is 74.4 Å². The highest BCUT2D eigenvalue weighted by Gasteiger charge is 2.40. The van der Waals surface area contributed by atoms with E-state index in [1.54, 1.807) is 0 Å². The minimum Gasteiger partial charge on any atom is -0.508 e. The number of imide groups is 1. The first-order valence-electron chi connectivity index (χ1n) is 43.4. The SMILES string of the molecule is CCCCC(=O)CCCCCN1C(=O)CC(SCC(N)C(=O)NCCCCCC(=O)NC(CCC(=O)NCCCCC2NC(=O)[C@@H](CCCNC(=N)N)CC(=O)CNC(=O)[C@@H](COC=O)NC(=O)C(Cc3ccc(O)cc3)NC2=O)C(=O)NCCCCC2NC(=O)[C@@H](CCCCC(=N)N)NC(=O)CNC(=O)[C@@H](COC=O)NC(=O)[C@H](Cc3ccc(O)cc3)NC2=O)C1=O. The van der Waals surface area contributed by atoms with Crippen molar-refractivity contribution in [3.63, 3.8) is 0 Å². The van der Waals surface area contributed by atoms with Gasteiger partial charge in [0.15, 0.2) is 11.7 Å². The van der Waals surface area contributed by atoms with Gasteiger partial charge in [0.05, 0.1) is 30.2 Å². The second-order valence-corrected chi connectivity index (χ2v) is 32.8. The fourth-order valence-corrected chi connectivity index (χ4v) is 15.0. The molecule has 3 aliphatic heterocycles. The van der Waals surface area contributed by atoms with Crippen molar-refractivity contribution in [2.45, 2.75) is 253 Å². The van der Waals surface area contributed by atoms with E-state index in [4.69, 9.17) is 37.5 Å². The molecule has 44 heteroatoms. The molecule has 5 rings (SSSR count). The minimum atomic E-state index is -1.60. The second kappa shape index (κ2) is 58.8. The molecule has 3 heterocycles. The van der Waals surface area contributed by atoms with Gasteiger partial charge in [-0.2, -0.15) is 0 Å². The van der Waals surface area contributed by atoms with Gasteiger partial charge in [-0.05, 0) is 138 Å². The number of nitrogens with two attached hydrogens (primary N) is 3. The van der Waals surface area contributed by atoms with Gasteiger partial charge in [0.1, 0.15) is 78.8 Å². The number of phenols is 2. The number of guanidine groups is 1. The summed E-state index contributed by atoms with van der Waals surface area (Å²) in [6.45, 7) is -0.281. The molecule has 0 radical (unpaired) electrons. The number of rotatable bonds is 53. The number of carbonyl (C=O) groups excluding carboxylic acids is 19. The van der Waals surface area contributed by atoms with Crippen molar-refractivity contribution in [2.75, 3.05) is 64.8 Å². The van der Waals surface area contributed by atoms with Crippen LogP contribution in [0.5, 0.6) is 11.5 Å². The van der Waals surface area contributed by atoms with Crippen LogP contribution in [0.15, 0.2) is 48.5 Å². The molecule has 24 N–H and O–H groups in total. The number of ketones is 2. The van der Waals surface area contributed by atoms with E-state index in [1.807, 2.05) is 6.92 Å². The molecule has 706 valence electrons. The number of ether oxygens (including phenoxy) is 2. The van der Waals surface area contributed by atoms with Crippen LogP contribution in [0.1, 0.15) is 191 Å². The van der Waals surface area contributed by atoms with Crippen LogP contribution in [0.25, 0.3) is 0 Å². The topological polar surface area (TPSA) is 681 Å². The molecule has 0 saturated carbocycles. The molecule has 2 aromatic rings. The van der Waals surface area contributed by atoms with Gasteiger partial charge >= 0.3 is 0 Å². The van der Waals surface area contributed by atoms with E-state index >= 15 is 0 Å². The predicted octanol–water partition coefficient (Wildman–Crippen LogP) is -2.76. The van der Waals surface area contributed by atoms with Crippen LogP contribution in [-0.2, 0) is 113 Å². The van der Waals surface area contributed by atoms with Crippen LogP contribution >= 0.6 is 11.8 Å². The van der Waals surface area contributed by atoms with E-state index in [-0.39, 0.29) is 208 Å². The van der Waals surface area contributed by atoms with Crippen LogP contribution in [0, 0.1) is 16.7 Å². The Labute approximate surface area is 746 Å². The number of unbranched alkanes of at least 4 members (excludes halogenated alkanes) is 8. The van der Waals surface area contributed by atoms with E-state index in [0.717, 1.165) is 24.6 Å². The summed E-state index contributed by atoms with van der Waals surface area (Å²) < 4.78 is 9.65. The summed E-state index contributed by atoms with van der Waals surface area (Å²) in [5.41, 5.74) is 18.1. The normalized spacial score (nSPS) is 20.4. The second-order valence-electron chi connectivity index (χ2n) is 31.6. The number of Topliss-reactive ketones (excluding diaryl/α,β-unsaturated/α-hetero) is 2. The lowest BCUT2D eigenvalue weighted by atomic mass is 9.94. The first kappa shape index (κ1) is 106. The molecule has 11 atom stereocenters. The Balaban J connectivity index is 1.30. The van der Waals surface area contributed by atoms with Gasteiger partial charge in [-0.15, -0.1) is 11.8 Å². The Morgan fingerprint density at radius 2 is 0.969 bits per heavy atom. The summed E-state index contributed by atoms with van der Waals surface area (Å²) in [4.78, 5) is 256. The van der Waals surface area contributed by atoms with Crippen molar-refractivity contribution < 1.29 is 111 Å². The number of amidine groups is 1. The Hall–Kier alpha value is -12.4. The zero-order chi connectivity index (χ0) is 93.9. The number of aromatic hydroxyl groups is 2. The zero-order valence-electron chi connectivity index (χ0n) is 72.3. The molecule has 2 aromatic carbocycles. The number of amides is 15. The molecule has 15 amide bonds. The first-order chi connectivity index (χ1) is 61.3. The molecule has 6 unspecified atom stereocenters. The molecule has 3 saturated heterocycles. The number of benzene rings is 2. The third-order valence-electron chi connectivity index (χ3n) is 21.1. The van der Waals surface area contributed by atoms with Gasteiger partial charge in [-0.25, -0.2) is 0 Å². The Kier molecular flexibility index (Phi) is 48.8. The van der Waals surface area contributed by atoms with Gasteiger partial charge in [-0.3, -0.25) is 107 Å². The summed E-state index contributed by atoms with van der Waals surface area (Å²) in [6.07, 6.45) is 5.10. The number of phenolic OH excluding ortho intramolecular Hbond substituents is 2. The number of carbonyl (C=O) groups is 19. The highest BCUT2D eigenvalue weighted by molar-refractivity contribution is 8.00. The van der Waals surface area contributed by atoms with E-state index in [0.29, 0.717) is 62.5 Å². The standard InChI is InChI=1S/C84H126N20O23S/c1-2-3-18-54(107)19-6-5-15-39-104-72(114)43-67(83(104)125)128-48-58(85)74(116)91-36-12-4-7-24-70(112)96-62(75(117)92-37-14-11-22-61-80(122)101-64(41-52-27-31-56(109)32-28-52)82(124)103-66(47-127-50-106)77(119)95-45-71(113)97-59(78(120)99-61)20-8-9-23-68(86)87)33-34-69(111)90-35-13-10-21-60-79(121)100-63(40-51-25-29-55(108)30-26-51)81(123)102-65(46-126-49-105)76(118)94-44-57(110)42-53(73(115)98-60)17-16-38-93-84(88)89/h25-32,49-50,53,58-67,108-109H,2-24,33-48,85H2,1H3,(H3,86,87)(H,90,111)(H,91,116)(H,92,117)(H,94,118)(H,95,119)(H,96,112)(H,97,113)(H,98,115)(H,99,120)(H,100,121)(H,101,122)(H,102,123)(H,103,124)(H4,88,89,93)/t53-,58?,59+,60?,61?,62?,63?,64-,65+,66+,67?/m0/s1. The lowest BCUT2D eigenvalue weighted by Gasteiger charge is -2.26. The van der Waals surface area contributed by atoms with Crippen molar-refractivity contribution in [1.82, 2.24) is 79.3 Å². The van der Waals surface area contributed by atoms with E-state index in [9.17, 15) is 101 Å². The molecular weight excluding hydrogens is 1690 g/mol. The van der Waals surface area contributed by atoms with Crippen LogP contribution < -0.4 is 91.6 Å². The molecule has 0 spiro atoms. The van der Waals surface area contributed by atoms with Crippen molar-refractivity contribution in [3.8, 4) is 11.5 Å². The monoisotopic (exact) mass is 1810 g/mol. The molecule has 0 aromatic heterocycles. The van der Waals surface area contributed by atoms with Crippen LogP contribution in [-0.4, -0.2) is 264 Å². The average Bonchev–Trinajstić information content (AvgIpc) is 1.63. The van der Waals surface area contributed by atoms with Gasteiger partial charge in [-0.1, -0.05) is 56.9 Å². The number of hydrogen-bond donors (Lipinski definition) is 21. The van der Waals surface area contributed by atoms with Crippen molar-refractivity contribution in [3.05, 3.63) is 59.7 Å². The van der Waals surface area contributed by atoms with Gasteiger partial charge in [0.25, 0.3) is 12.9 Å². The van der Waals surface area contributed by atoms with Crippen LogP contribution in [0.3, 0.4) is 0 Å². The van der Waals surface area contributed by atoms with E-state index < -0.39 is 181 Å². The summed E-state index contributed by atoms with van der Waals surface area (Å²) >= 11 is 1.12. The molecule has 128 heavy (non-hydrogen) atoms. The fraction of sp³-hybridized carbons (Fsp3) is 0.607. The van der Waals surface area contributed by atoms with Crippen molar-refractivity contribution in [1.29, 1.82) is 10.8 Å². The summed E-state index contributed by atoms with van der Waals surface area (Å²) in [5, 5.41) is 71.1. The maximum Gasteiger partial charge on any atom is 0.293 e. The third-order valence-corrected chi connectivity index (χ3v) is 22.5. The summed E-state index contributed by atoms with van der Waals surface area (Å²) in [6, 6.07) is -1.49. The smallest absolute Gasteiger partial charge is 0.293 e. The lowest BCUT2D eigenvalue weighted by Crippen LogP contribution is -2.58. The van der Waals surface area contributed by atoms with Crippen molar-refractivity contribution >= 4 is 137 Å². The maximum atomic E-state index is 14.6. The van der Waals surface area contributed by atoms with Gasteiger partial charge in [0, 0.05) is 102 Å². The zero-order valence-corrected chi connectivity index (χ0v) is 73.1. The fourth-order valence-electron chi connectivity index (χ4n) is 13.9. The molecule has 43 nitrogen and oxygen atoms in total. The molecule has 0 bridgehead atoms. The van der Waals surface area contributed by atoms with Gasteiger partial charge in [0.2, 0.25) is 88.6 Å². The first-order valence-corrected chi connectivity index (χ1v) is 44.4. The Morgan fingerprint density at radius 1 is 0.500 bits per heavy atom. The molecule has 3 aliphatic rings. The quantitative estimate of drug-likeness (QED) is 0.0105. The molecule has 3 fully saturated rings. The number of hydrogen-bond acceptors (Lipinski definition) is 27. The lowest BCUT2D eigenvalue weighted by molar-refractivity contribution is -0.139. The molecular formula is C84H126N20O23S. The minimum absolute atomic E-state index is 0.0266. The van der Waals surface area contributed by atoms with Crippen molar-refractivity contribution in [2.24, 2.45) is 23.1 Å². The summed E-state index contributed by atoms with van der Waals surface area (Å²) in [7, 11) is 0. The van der Waals surface area contributed by atoms with Crippen LogP contribution in [0.4, 0.5) is 0 Å². The highest BCUT2D eigenvalue weighted by atomic mass is 32.2. The largest absolute Gasteiger partial charge is 0.508 e. The molecule has 0 aliphatic carbocycles. The third kappa shape index (κ3) is 41.4. The number of likely N-dealkylation sites (tertiary alicyclic amines) is 1. The maximum absolute atomic E-state index is 14.6. The van der Waals surface area contributed by atoms with Gasteiger partial charge < -0.3 is 111 Å². The Morgan fingerprint density at radius 3 is 1.52 bits per heavy atom. The highest BCUT2D eigenvalue weighted by Crippen LogP contribution is 2.27. The van der Waals surface area contributed by atoms with E-state index in [1.165, 1.54) is 53.4 Å². The van der Waals surface area contributed by atoms with Crippen LogP contribution in [0.2, 0.25) is 0 Å². The summed E-state index contributed by atoms with van der Waals surface area (Å²) in [5.74, 6) is -13.4. The average molecular weight is 1820 g/mol. The Bertz CT molecular complexity index is 4110. The predicted molar refractivity (Wildman–Crippen MR) is 465 cm³/mol. The number of thioether (sulfide) groups is 1. The number of nitrogens with zero attached hydrogens (tertiary/aromatic N) is 1. The number of nitrogens with one attached hydrogen (secondary N) is 16.